The lowest BCUT2D eigenvalue weighted by Gasteiger charge is -2.47. The van der Waals surface area contributed by atoms with Crippen LogP contribution in [0, 0.1) is 11.8 Å². The van der Waals surface area contributed by atoms with Crippen LogP contribution in [0.1, 0.15) is 44.9 Å². The molecule has 1 aromatic heterocycles. The summed E-state index contributed by atoms with van der Waals surface area (Å²) in [5, 5.41) is 0. The standard InChI is InChI=1S/C18H24N2O/c1-13-10-11-20(16-8-4-2-6-14(13)16)12-18-19-15-7-3-5-9-17(15)21-18/h3,5,7,9,13-14,16H,2,4,6,8,10-12H2,1H3/t13-,14-,16+/m1/s1. The third kappa shape index (κ3) is 2.48. The van der Waals surface area contributed by atoms with Crippen molar-refractivity contribution in [2.24, 2.45) is 11.8 Å². The lowest BCUT2D eigenvalue weighted by molar-refractivity contribution is 0.0157. The van der Waals surface area contributed by atoms with Crippen molar-refractivity contribution in [2.75, 3.05) is 6.54 Å². The number of likely N-dealkylation sites (tertiary alicyclic amines) is 1. The highest BCUT2D eigenvalue weighted by Gasteiger charge is 2.37. The van der Waals surface area contributed by atoms with E-state index in [1.165, 1.54) is 38.6 Å². The van der Waals surface area contributed by atoms with Gasteiger partial charge in [0.05, 0.1) is 6.54 Å². The molecule has 0 spiro atoms. The van der Waals surface area contributed by atoms with Crippen molar-refractivity contribution < 1.29 is 4.42 Å². The van der Waals surface area contributed by atoms with E-state index in [0.717, 1.165) is 41.4 Å². The number of para-hydroxylation sites is 2. The Bertz CT molecular complexity index is 587. The molecule has 4 rings (SSSR count). The summed E-state index contributed by atoms with van der Waals surface area (Å²) in [7, 11) is 0. The summed E-state index contributed by atoms with van der Waals surface area (Å²) in [5.41, 5.74) is 1.90. The third-order valence-corrected chi connectivity index (χ3v) is 5.53. The summed E-state index contributed by atoms with van der Waals surface area (Å²) in [6.07, 6.45) is 6.90. The molecule has 2 aliphatic rings. The first-order valence-electron chi connectivity index (χ1n) is 8.40. The van der Waals surface area contributed by atoms with Crippen LogP contribution in [0.15, 0.2) is 28.7 Å². The van der Waals surface area contributed by atoms with E-state index in [9.17, 15) is 0 Å². The fourth-order valence-corrected chi connectivity index (χ4v) is 4.36. The summed E-state index contributed by atoms with van der Waals surface area (Å²) < 4.78 is 5.92. The van der Waals surface area contributed by atoms with Gasteiger partial charge >= 0.3 is 0 Å². The van der Waals surface area contributed by atoms with E-state index in [2.05, 4.69) is 16.8 Å². The second-order valence-electron chi connectivity index (χ2n) is 6.83. The van der Waals surface area contributed by atoms with Crippen molar-refractivity contribution >= 4 is 11.1 Å². The molecule has 1 aromatic carbocycles. The zero-order valence-electron chi connectivity index (χ0n) is 12.8. The maximum Gasteiger partial charge on any atom is 0.209 e. The molecule has 1 saturated carbocycles. The molecule has 3 heteroatoms. The number of benzene rings is 1. The number of oxazole rings is 1. The van der Waals surface area contributed by atoms with E-state index in [-0.39, 0.29) is 0 Å². The van der Waals surface area contributed by atoms with Gasteiger partial charge in [-0.3, -0.25) is 4.90 Å². The van der Waals surface area contributed by atoms with Gasteiger partial charge in [-0.25, -0.2) is 4.98 Å². The monoisotopic (exact) mass is 284 g/mol. The quantitative estimate of drug-likeness (QED) is 0.826. The fraction of sp³-hybridized carbons (Fsp3) is 0.611. The fourth-order valence-electron chi connectivity index (χ4n) is 4.36. The highest BCUT2D eigenvalue weighted by atomic mass is 16.3. The minimum absolute atomic E-state index is 0.748. The van der Waals surface area contributed by atoms with Gasteiger partial charge in [0.25, 0.3) is 0 Å². The number of hydrogen-bond donors (Lipinski definition) is 0. The molecular weight excluding hydrogens is 260 g/mol. The second-order valence-corrected chi connectivity index (χ2v) is 6.83. The van der Waals surface area contributed by atoms with Crippen molar-refractivity contribution in [1.29, 1.82) is 0 Å². The van der Waals surface area contributed by atoms with E-state index in [0.29, 0.717) is 0 Å². The van der Waals surface area contributed by atoms with E-state index in [1.807, 2.05) is 24.3 Å². The summed E-state index contributed by atoms with van der Waals surface area (Å²) in [6, 6.07) is 8.82. The Morgan fingerprint density at radius 2 is 2.05 bits per heavy atom. The van der Waals surface area contributed by atoms with Crippen molar-refractivity contribution in [2.45, 2.75) is 51.6 Å². The van der Waals surface area contributed by atoms with E-state index in [1.54, 1.807) is 0 Å². The van der Waals surface area contributed by atoms with Gasteiger partial charge in [-0.05, 0) is 49.8 Å². The Hall–Kier alpha value is -1.35. The van der Waals surface area contributed by atoms with E-state index >= 15 is 0 Å². The number of rotatable bonds is 2. The molecule has 112 valence electrons. The topological polar surface area (TPSA) is 29.3 Å². The molecule has 3 atom stereocenters. The number of nitrogens with zero attached hydrogens (tertiary/aromatic N) is 2. The molecule has 1 aliphatic heterocycles. The minimum atomic E-state index is 0.748. The Kier molecular flexibility index (Phi) is 3.46. The smallest absolute Gasteiger partial charge is 0.209 e. The molecule has 1 saturated heterocycles. The Morgan fingerprint density at radius 3 is 2.95 bits per heavy atom. The molecule has 0 N–H and O–H groups in total. The maximum absolute atomic E-state index is 5.92. The van der Waals surface area contributed by atoms with Gasteiger partial charge in [0.1, 0.15) is 5.52 Å². The molecule has 2 heterocycles. The van der Waals surface area contributed by atoms with Crippen LogP contribution in [-0.4, -0.2) is 22.5 Å². The lowest BCUT2D eigenvalue weighted by atomic mass is 9.72. The number of aromatic nitrogens is 1. The molecule has 0 amide bonds. The van der Waals surface area contributed by atoms with Gasteiger partial charge in [-0.15, -0.1) is 0 Å². The predicted molar refractivity (Wildman–Crippen MR) is 83.9 cm³/mol. The zero-order chi connectivity index (χ0) is 14.2. The van der Waals surface area contributed by atoms with Crippen LogP contribution in [0.25, 0.3) is 11.1 Å². The maximum atomic E-state index is 5.92. The van der Waals surface area contributed by atoms with Crippen molar-refractivity contribution in [1.82, 2.24) is 9.88 Å². The van der Waals surface area contributed by atoms with Crippen LogP contribution in [0.5, 0.6) is 0 Å². The van der Waals surface area contributed by atoms with Crippen molar-refractivity contribution in [3.05, 3.63) is 30.2 Å². The van der Waals surface area contributed by atoms with Gasteiger partial charge in [0, 0.05) is 6.04 Å². The molecule has 2 fully saturated rings. The highest BCUT2D eigenvalue weighted by molar-refractivity contribution is 5.72. The molecular formula is C18H24N2O. The Labute approximate surface area is 126 Å². The number of hydrogen-bond acceptors (Lipinski definition) is 3. The van der Waals surface area contributed by atoms with Crippen LogP contribution < -0.4 is 0 Å². The zero-order valence-corrected chi connectivity index (χ0v) is 12.8. The van der Waals surface area contributed by atoms with Crippen LogP contribution in [0.2, 0.25) is 0 Å². The highest BCUT2D eigenvalue weighted by Crippen LogP contribution is 2.39. The second kappa shape index (κ2) is 5.45. The van der Waals surface area contributed by atoms with Gasteiger partial charge in [0.15, 0.2) is 5.58 Å². The van der Waals surface area contributed by atoms with Crippen LogP contribution in [0.4, 0.5) is 0 Å². The SMILES string of the molecule is C[C@@H]1CCN(Cc2nc3ccccc3o2)[C@H]2CCCC[C@H]12. The first kappa shape index (κ1) is 13.3. The molecule has 2 aromatic rings. The van der Waals surface area contributed by atoms with E-state index < -0.39 is 0 Å². The summed E-state index contributed by atoms with van der Waals surface area (Å²) in [4.78, 5) is 7.29. The lowest BCUT2D eigenvalue weighted by Crippen LogP contribution is -2.49. The van der Waals surface area contributed by atoms with Gasteiger partial charge in [-0.1, -0.05) is 31.9 Å². The molecule has 1 aliphatic carbocycles. The molecule has 3 nitrogen and oxygen atoms in total. The van der Waals surface area contributed by atoms with Crippen LogP contribution in [-0.2, 0) is 6.54 Å². The molecule has 0 radical (unpaired) electrons. The van der Waals surface area contributed by atoms with Gasteiger partial charge in [-0.2, -0.15) is 0 Å². The first-order valence-corrected chi connectivity index (χ1v) is 8.40. The summed E-state index contributed by atoms with van der Waals surface area (Å²) in [5.74, 6) is 2.65. The summed E-state index contributed by atoms with van der Waals surface area (Å²) >= 11 is 0. The first-order chi connectivity index (χ1) is 10.3. The largest absolute Gasteiger partial charge is 0.439 e. The average Bonchev–Trinajstić information content (AvgIpc) is 2.93. The predicted octanol–water partition coefficient (Wildman–Crippen LogP) is 4.23. The molecule has 0 bridgehead atoms. The third-order valence-electron chi connectivity index (χ3n) is 5.53. The normalized spacial score (nSPS) is 30.4. The van der Waals surface area contributed by atoms with Gasteiger partial charge < -0.3 is 4.42 Å². The van der Waals surface area contributed by atoms with Crippen molar-refractivity contribution in [3.63, 3.8) is 0 Å². The number of fused-ring (bicyclic) bond motifs is 2. The minimum Gasteiger partial charge on any atom is -0.439 e. The molecule has 0 unspecified atom stereocenters. The average molecular weight is 284 g/mol. The summed E-state index contributed by atoms with van der Waals surface area (Å²) in [6.45, 7) is 4.52. The van der Waals surface area contributed by atoms with E-state index in [4.69, 9.17) is 4.42 Å². The van der Waals surface area contributed by atoms with Crippen LogP contribution in [0.3, 0.4) is 0 Å². The molecule has 21 heavy (non-hydrogen) atoms. The van der Waals surface area contributed by atoms with Crippen LogP contribution >= 0.6 is 0 Å². The Balaban J connectivity index is 1.55. The number of piperidine rings is 1. The van der Waals surface area contributed by atoms with Gasteiger partial charge in [0.2, 0.25) is 5.89 Å². The Morgan fingerprint density at radius 1 is 1.19 bits per heavy atom. The van der Waals surface area contributed by atoms with Crippen molar-refractivity contribution in [3.8, 4) is 0 Å².